The van der Waals surface area contributed by atoms with Crippen LogP contribution in [0.3, 0.4) is 0 Å². The highest BCUT2D eigenvalue weighted by atomic mass is 35.5. The standard InChI is InChI=1S/C23H17Cl2NO5/c1-29-18-7-5-13(11-16(18)20-8-6-14(12-27)30-20)26-23(28)21-10-9-19(31-21)15-3-2-4-17(24)22(15)25/h2-11,27H,12H2,1H3,(H,26,28). The lowest BCUT2D eigenvalue weighted by atomic mass is 10.1. The number of carbonyl (C=O) groups excluding carboxylic acids is 1. The number of carbonyl (C=O) groups is 1. The van der Waals surface area contributed by atoms with Gasteiger partial charge in [-0.05, 0) is 54.6 Å². The first-order valence-corrected chi connectivity index (χ1v) is 9.99. The number of rotatable bonds is 6. The van der Waals surface area contributed by atoms with Gasteiger partial charge in [0, 0.05) is 11.3 Å². The van der Waals surface area contributed by atoms with Gasteiger partial charge in [-0.2, -0.15) is 0 Å². The van der Waals surface area contributed by atoms with Crippen LogP contribution < -0.4 is 10.1 Å². The summed E-state index contributed by atoms with van der Waals surface area (Å²) in [6.45, 7) is -0.212. The van der Waals surface area contributed by atoms with E-state index in [9.17, 15) is 9.90 Å². The second-order valence-electron chi connectivity index (χ2n) is 6.56. The van der Waals surface area contributed by atoms with E-state index in [0.717, 1.165) is 0 Å². The molecule has 0 spiro atoms. The highest BCUT2D eigenvalue weighted by Gasteiger charge is 2.17. The Morgan fingerprint density at radius 2 is 1.77 bits per heavy atom. The molecule has 0 aliphatic heterocycles. The van der Waals surface area contributed by atoms with Gasteiger partial charge in [-0.3, -0.25) is 4.79 Å². The summed E-state index contributed by atoms with van der Waals surface area (Å²) in [5.74, 6) is 1.61. The lowest BCUT2D eigenvalue weighted by Crippen LogP contribution is -2.10. The van der Waals surface area contributed by atoms with E-state index in [2.05, 4.69) is 5.32 Å². The molecule has 0 radical (unpaired) electrons. The van der Waals surface area contributed by atoms with Crippen LogP contribution in [-0.2, 0) is 6.61 Å². The molecule has 158 valence electrons. The topological polar surface area (TPSA) is 84.8 Å². The average Bonchev–Trinajstić information content (AvgIpc) is 3.45. The lowest BCUT2D eigenvalue weighted by Gasteiger charge is -2.10. The molecule has 0 aliphatic carbocycles. The molecule has 8 heteroatoms. The van der Waals surface area contributed by atoms with Crippen LogP contribution in [0.25, 0.3) is 22.6 Å². The summed E-state index contributed by atoms with van der Waals surface area (Å²) in [6, 6.07) is 16.9. The fraction of sp³-hybridized carbons (Fsp3) is 0.0870. The van der Waals surface area contributed by atoms with Crippen molar-refractivity contribution < 1.29 is 23.5 Å². The molecule has 4 aromatic rings. The number of furan rings is 2. The Balaban J connectivity index is 1.58. The van der Waals surface area contributed by atoms with Gasteiger partial charge in [-0.15, -0.1) is 0 Å². The Kier molecular flexibility index (Phi) is 6.04. The van der Waals surface area contributed by atoms with Gasteiger partial charge in [0.2, 0.25) is 0 Å². The summed E-state index contributed by atoms with van der Waals surface area (Å²) in [5, 5.41) is 12.8. The van der Waals surface area contributed by atoms with E-state index >= 15 is 0 Å². The second kappa shape index (κ2) is 8.89. The van der Waals surface area contributed by atoms with Gasteiger partial charge in [-0.25, -0.2) is 0 Å². The fourth-order valence-corrected chi connectivity index (χ4v) is 3.47. The lowest BCUT2D eigenvalue weighted by molar-refractivity contribution is 0.0997. The van der Waals surface area contributed by atoms with Crippen molar-refractivity contribution in [3.63, 3.8) is 0 Å². The van der Waals surface area contributed by atoms with Crippen LogP contribution in [0.4, 0.5) is 5.69 Å². The minimum atomic E-state index is -0.434. The number of aliphatic hydroxyl groups excluding tert-OH is 1. The number of amides is 1. The normalized spacial score (nSPS) is 10.8. The third-order valence-electron chi connectivity index (χ3n) is 4.59. The second-order valence-corrected chi connectivity index (χ2v) is 7.34. The highest BCUT2D eigenvalue weighted by molar-refractivity contribution is 6.43. The van der Waals surface area contributed by atoms with Gasteiger partial charge in [0.05, 0.1) is 22.7 Å². The molecule has 0 bridgehead atoms. The smallest absolute Gasteiger partial charge is 0.291 e. The molecule has 2 heterocycles. The number of ether oxygens (including phenoxy) is 1. The van der Waals surface area contributed by atoms with E-state index in [-0.39, 0.29) is 12.4 Å². The number of nitrogens with one attached hydrogen (secondary N) is 1. The molecular formula is C23H17Cl2NO5. The first-order valence-electron chi connectivity index (χ1n) is 9.23. The molecule has 2 aromatic carbocycles. The maximum atomic E-state index is 12.7. The molecule has 6 nitrogen and oxygen atoms in total. The molecule has 0 fully saturated rings. The monoisotopic (exact) mass is 457 g/mol. The molecule has 4 rings (SSSR count). The number of hydrogen-bond donors (Lipinski definition) is 2. The Morgan fingerprint density at radius 3 is 2.52 bits per heavy atom. The summed E-state index contributed by atoms with van der Waals surface area (Å²) < 4.78 is 16.7. The molecule has 0 saturated carbocycles. The highest BCUT2D eigenvalue weighted by Crippen LogP contribution is 2.36. The van der Waals surface area contributed by atoms with Gasteiger partial charge in [-0.1, -0.05) is 29.3 Å². The molecule has 0 unspecified atom stereocenters. The number of anilines is 1. The van der Waals surface area contributed by atoms with Crippen LogP contribution in [-0.4, -0.2) is 18.1 Å². The zero-order chi connectivity index (χ0) is 22.0. The largest absolute Gasteiger partial charge is 0.496 e. The molecule has 0 atom stereocenters. The Morgan fingerprint density at radius 1 is 1.00 bits per heavy atom. The fourth-order valence-electron chi connectivity index (χ4n) is 3.08. The summed E-state index contributed by atoms with van der Waals surface area (Å²) in [4.78, 5) is 12.7. The molecule has 0 aliphatic rings. The maximum absolute atomic E-state index is 12.7. The van der Waals surface area contributed by atoms with Gasteiger partial charge >= 0.3 is 0 Å². The number of aliphatic hydroxyl groups is 1. The van der Waals surface area contributed by atoms with E-state index in [4.69, 9.17) is 36.8 Å². The van der Waals surface area contributed by atoms with Gasteiger partial charge in [0.1, 0.15) is 29.6 Å². The van der Waals surface area contributed by atoms with Crippen molar-refractivity contribution >= 4 is 34.8 Å². The van der Waals surface area contributed by atoms with Crippen LogP contribution >= 0.6 is 23.2 Å². The van der Waals surface area contributed by atoms with E-state index in [1.165, 1.54) is 0 Å². The predicted molar refractivity (Wildman–Crippen MR) is 119 cm³/mol. The Bertz CT molecular complexity index is 1240. The number of halogens is 2. The van der Waals surface area contributed by atoms with Crippen LogP contribution in [0.5, 0.6) is 5.75 Å². The number of hydrogen-bond acceptors (Lipinski definition) is 5. The minimum absolute atomic E-state index is 0.115. The van der Waals surface area contributed by atoms with Crippen molar-refractivity contribution in [3.8, 4) is 28.4 Å². The van der Waals surface area contributed by atoms with Gasteiger partial charge in [0.25, 0.3) is 5.91 Å². The average molecular weight is 458 g/mol. The third-order valence-corrected chi connectivity index (χ3v) is 5.41. The van der Waals surface area contributed by atoms with E-state index in [1.807, 2.05) is 0 Å². The molecule has 31 heavy (non-hydrogen) atoms. The molecule has 1 amide bonds. The Labute approximate surface area is 188 Å². The zero-order valence-corrected chi connectivity index (χ0v) is 17.8. The van der Waals surface area contributed by atoms with Crippen molar-refractivity contribution in [1.82, 2.24) is 0 Å². The quantitative estimate of drug-likeness (QED) is 0.356. The predicted octanol–water partition coefficient (Wildman–Crippen LogP) is 6.27. The number of methoxy groups -OCH3 is 1. The van der Waals surface area contributed by atoms with E-state index in [0.29, 0.717) is 49.9 Å². The van der Waals surface area contributed by atoms with E-state index < -0.39 is 5.91 Å². The minimum Gasteiger partial charge on any atom is -0.496 e. The van der Waals surface area contributed by atoms with Crippen molar-refractivity contribution in [2.75, 3.05) is 12.4 Å². The van der Waals surface area contributed by atoms with Crippen LogP contribution in [0.2, 0.25) is 10.0 Å². The zero-order valence-electron chi connectivity index (χ0n) is 16.3. The summed E-state index contributed by atoms with van der Waals surface area (Å²) in [6.07, 6.45) is 0. The summed E-state index contributed by atoms with van der Waals surface area (Å²) in [5.41, 5.74) is 1.74. The summed E-state index contributed by atoms with van der Waals surface area (Å²) >= 11 is 12.3. The van der Waals surface area contributed by atoms with Gasteiger partial charge in [0.15, 0.2) is 5.76 Å². The molecule has 2 aromatic heterocycles. The van der Waals surface area contributed by atoms with Crippen LogP contribution in [0.15, 0.2) is 69.5 Å². The van der Waals surface area contributed by atoms with Crippen molar-refractivity contribution in [1.29, 1.82) is 0 Å². The van der Waals surface area contributed by atoms with Crippen molar-refractivity contribution in [2.24, 2.45) is 0 Å². The molecule has 0 saturated heterocycles. The summed E-state index contributed by atoms with van der Waals surface area (Å²) in [7, 11) is 1.54. The SMILES string of the molecule is COc1ccc(NC(=O)c2ccc(-c3cccc(Cl)c3Cl)o2)cc1-c1ccc(CO)o1. The maximum Gasteiger partial charge on any atom is 0.291 e. The van der Waals surface area contributed by atoms with Crippen LogP contribution in [0.1, 0.15) is 16.3 Å². The molecule has 2 N–H and O–H groups in total. The van der Waals surface area contributed by atoms with Crippen molar-refractivity contribution in [2.45, 2.75) is 6.61 Å². The third kappa shape index (κ3) is 4.32. The van der Waals surface area contributed by atoms with Crippen LogP contribution in [0, 0.1) is 0 Å². The first kappa shape index (κ1) is 21.1. The number of benzene rings is 2. The van der Waals surface area contributed by atoms with E-state index in [1.54, 1.807) is 67.8 Å². The van der Waals surface area contributed by atoms with Crippen molar-refractivity contribution in [3.05, 3.63) is 82.2 Å². The Hall–Kier alpha value is -3.19. The molecular weight excluding hydrogens is 441 g/mol. The van der Waals surface area contributed by atoms with Gasteiger partial charge < -0.3 is 24.0 Å². The first-order chi connectivity index (χ1) is 15.0.